The van der Waals surface area contributed by atoms with Gasteiger partial charge in [0, 0.05) is 5.69 Å². The van der Waals surface area contributed by atoms with Crippen LogP contribution >= 0.6 is 0 Å². The number of amides is 1. The van der Waals surface area contributed by atoms with Gasteiger partial charge in [-0.05, 0) is 38.1 Å². The normalized spacial score (nSPS) is 10.1. The summed E-state index contributed by atoms with van der Waals surface area (Å²) in [6, 6.07) is 6.11. The van der Waals surface area contributed by atoms with Gasteiger partial charge in [-0.2, -0.15) is 0 Å². The average Bonchev–Trinajstić information content (AvgIpc) is 2.91. The molecule has 2 rings (SSSR count). The molecule has 0 atom stereocenters. The van der Waals surface area contributed by atoms with Crippen LogP contribution < -0.4 is 5.32 Å². The molecule has 8 heteroatoms. The molecule has 24 heavy (non-hydrogen) atoms. The van der Waals surface area contributed by atoms with Gasteiger partial charge in [0.2, 0.25) is 0 Å². The van der Waals surface area contributed by atoms with E-state index in [0.29, 0.717) is 22.7 Å². The highest BCUT2D eigenvalue weighted by Gasteiger charge is 2.19. The van der Waals surface area contributed by atoms with Crippen LogP contribution in [0.3, 0.4) is 0 Å². The minimum Gasteiger partial charge on any atom is -0.465 e. The van der Waals surface area contributed by atoms with Crippen molar-refractivity contribution >= 4 is 23.5 Å². The molecule has 0 unspecified atom stereocenters. The number of nitrogens with one attached hydrogen (secondary N) is 1. The molecule has 1 amide bonds. The molecule has 1 N–H and O–H groups in total. The van der Waals surface area contributed by atoms with Crippen LogP contribution in [0.5, 0.6) is 0 Å². The number of aryl methyl sites for hydroxylation is 2. The monoisotopic (exact) mass is 332 g/mol. The zero-order valence-electron chi connectivity index (χ0n) is 13.4. The zero-order chi connectivity index (χ0) is 17.7. The molecule has 0 aliphatic rings. The van der Waals surface area contributed by atoms with E-state index in [0.717, 1.165) is 0 Å². The lowest BCUT2D eigenvalue weighted by Gasteiger charge is -2.07. The van der Waals surface area contributed by atoms with E-state index in [2.05, 4.69) is 15.2 Å². The van der Waals surface area contributed by atoms with Crippen molar-refractivity contribution in [3.63, 3.8) is 0 Å². The van der Waals surface area contributed by atoms with Crippen molar-refractivity contribution in [3.8, 4) is 0 Å². The van der Waals surface area contributed by atoms with Crippen LogP contribution in [-0.4, -0.2) is 36.7 Å². The molecule has 1 heterocycles. The number of hydrogen-bond acceptors (Lipinski definition) is 7. The van der Waals surface area contributed by atoms with Gasteiger partial charge in [0.1, 0.15) is 11.3 Å². The van der Waals surface area contributed by atoms with Crippen LogP contribution in [0.15, 0.2) is 28.8 Å². The van der Waals surface area contributed by atoms with Crippen molar-refractivity contribution in [2.75, 3.05) is 19.0 Å². The topological polar surface area (TPSA) is 108 Å². The van der Waals surface area contributed by atoms with E-state index in [1.54, 1.807) is 26.0 Å². The van der Waals surface area contributed by atoms with Crippen molar-refractivity contribution in [3.05, 3.63) is 46.8 Å². The summed E-state index contributed by atoms with van der Waals surface area (Å²) in [6.07, 6.45) is 0. The predicted octanol–water partition coefficient (Wildman–Crippen LogP) is 1.87. The van der Waals surface area contributed by atoms with Gasteiger partial charge in [-0.15, -0.1) is 0 Å². The largest absolute Gasteiger partial charge is 0.465 e. The molecule has 0 spiro atoms. The number of benzene rings is 1. The maximum atomic E-state index is 11.9. The number of ether oxygens (including phenoxy) is 2. The van der Waals surface area contributed by atoms with Crippen LogP contribution in [0.25, 0.3) is 0 Å². The number of hydrogen-bond donors (Lipinski definition) is 1. The Bertz CT molecular complexity index is 744. The summed E-state index contributed by atoms with van der Waals surface area (Å²) in [5.74, 6) is -1.33. The number of carbonyl (C=O) groups is 3. The van der Waals surface area contributed by atoms with E-state index < -0.39 is 24.5 Å². The Kier molecular flexibility index (Phi) is 5.31. The van der Waals surface area contributed by atoms with Gasteiger partial charge in [0.15, 0.2) is 6.61 Å². The number of methoxy groups -OCH3 is 1. The summed E-state index contributed by atoms with van der Waals surface area (Å²) in [5, 5.41) is 6.20. The molecule has 2 aromatic rings. The zero-order valence-corrected chi connectivity index (χ0v) is 13.4. The third-order valence-electron chi connectivity index (χ3n) is 3.16. The van der Waals surface area contributed by atoms with Crippen LogP contribution in [0.1, 0.15) is 32.2 Å². The second-order valence-electron chi connectivity index (χ2n) is 4.89. The van der Waals surface area contributed by atoms with Gasteiger partial charge in [-0.3, -0.25) is 4.79 Å². The van der Waals surface area contributed by atoms with E-state index in [4.69, 9.17) is 9.26 Å². The maximum Gasteiger partial charge on any atom is 0.344 e. The fraction of sp³-hybridized carbons (Fsp3) is 0.250. The van der Waals surface area contributed by atoms with E-state index >= 15 is 0 Å². The highest BCUT2D eigenvalue weighted by atomic mass is 16.5. The Balaban J connectivity index is 1.89. The molecule has 0 aliphatic heterocycles. The fourth-order valence-corrected chi connectivity index (χ4v) is 1.98. The minimum atomic E-state index is -0.678. The lowest BCUT2D eigenvalue weighted by Crippen LogP contribution is -2.21. The lowest BCUT2D eigenvalue weighted by atomic mass is 10.2. The molecule has 0 aliphatic carbocycles. The van der Waals surface area contributed by atoms with Crippen molar-refractivity contribution in [2.24, 2.45) is 0 Å². The summed E-state index contributed by atoms with van der Waals surface area (Å²) in [5.41, 5.74) is 1.43. The number of esters is 2. The summed E-state index contributed by atoms with van der Waals surface area (Å²) in [7, 11) is 1.28. The highest BCUT2D eigenvalue weighted by molar-refractivity contribution is 5.96. The predicted molar refractivity (Wildman–Crippen MR) is 82.7 cm³/mol. The Morgan fingerprint density at radius 2 is 1.79 bits per heavy atom. The molecule has 0 saturated carbocycles. The fourth-order valence-electron chi connectivity index (χ4n) is 1.98. The highest BCUT2D eigenvalue weighted by Crippen LogP contribution is 2.14. The molecule has 0 saturated heterocycles. The van der Waals surface area contributed by atoms with Gasteiger partial charge in [0.25, 0.3) is 5.91 Å². The molecule has 8 nitrogen and oxygen atoms in total. The smallest absolute Gasteiger partial charge is 0.344 e. The Morgan fingerprint density at radius 1 is 1.12 bits per heavy atom. The van der Waals surface area contributed by atoms with E-state index in [9.17, 15) is 14.4 Å². The van der Waals surface area contributed by atoms with Gasteiger partial charge in [-0.25, -0.2) is 9.59 Å². The maximum absolute atomic E-state index is 11.9. The lowest BCUT2D eigenvalue weighted by molar-refractivity contribution is -0.119. The van der Waals surface area contributed by atoms with Crippen molar-refractivity contribution in [1.82, 2.24) is 5.16 Å². The van der Waals surface area contributed by atoms with Crippen molar-refractivity contribution in [2.45, 2.75) is 13.8 Å². The molecular weight excluding hydrogens is 316 g/mol. The number of anilines is 1. The van der Waals surface area contributed by atoms with Gasteiger partial charge < -0.3 is 19.3 Å². The molecule has 0 radical (unpaired) electrons. The summed E-state index contributed by atoms with van der Waals surface area (Å²) in [6.45, 7) is 2.73. The molecule has 1 aromatic heterocycles. The van der Waals surface area contributed by atoms with E-state index in [1.807, 2.05) is 0 Å². The first-order valence-corrected chi connectivity index (χ1v) is 7.00. The van der Waals surface area contributed by atoms with Gasteiger partial charge >= 0.3 is 11.9 Å². The second kappa shape index (κ2) is 7.40. The minimum absolute atomic E-state index is 0.213. The first-order valence-electron chi connectivity index (χ1n) is 7.00. The molecular formula is C16H16N2O6. The summed E-state index contributed by atoms with van der Waals surface area (Å²) in [4.78, 5) is 35.0. The third kappa shape index (κ3) is 3.97. The number of aromatic nitrogens is 1. The Morgan fingerprint density at radius 3 is 2.33 bits per heavy atom. The quantitative estimate of drug-likeness (QED) is 0.833. The van der Waals surface area contributed by atoms with Crippen molar-refractivity contribution < 1.29 is 28.4 Å². The van der Waals surface area contributed by atoms with Gasteiger partial charge in [-0.1, -0.05) is 5.16 Å². The average molecular weight is 332 g/mol. The molecule has 0 bridgehead atoms. The van der Waals surface area contributed by atoms with E-state index in [-0.39, 0.29) is 5.56 Å². The van der Waals surface area contributed by atoms with E-state index in [1.165, 1.54) is 19.2 Å². The first kappa shape index (κ1) is 17.2. The van der Waals surface area contributed by atoms with Crippen LogP contribution in [0.4, 0.5) is 5.69 Å². The molecule has 126 valence electrons. The van der Waals surface area contributed by atoms with Crippen LogP contribution in [-0.2, 0) is 14.3 Å². The second-order valence-corrected chi connectivity index (χ2v) is 4.89. The SMILES string of the molecule is COC(=O)c1ccc(NC(=O)COC(=O)c2c(C)noc2C)cc1. The number of nitrogens with zero attached hydrogens (tertiary/aromatic N) is 1. The molecule has 0 fully saturated rings. The standard InChI is InChI=1S/C16H16N2O6/c1-9-14(10(2)24-18-9)16(21)23-8-13(19)17-12-6-4-11(5-7-12)15(20)22-3/h4-7H,8H2,1-3H3,(H,17,19). The molecule has 1 aromatic carbocycles. The first-order chi connectivity index (χ1) is 11.4. The number of carbonyl (C=O) groups excluding carboxylic acids is 3. The summed E-state index contributed by atoms with van der Waals surface area (Å²) < 4.78 is 14.4. The third-order valence-corrected chi connectivity index (χ3v) is 3.16. The number of rotatable bonds is 5. The Labute approximate surface area is 137 Å². The van der Waals surface area contributed by atoms with Crippen molar-refractivity contribution in [1.29, 1.82) is 0 Å². The van der Waals surface area contributed by atoms with Gasteiger partial charge in [0.05, 0.1) is 18.4 Å². The summed E-state index contributed by atoms with van der Waals surface area (Å²) >= 11 is 0. The Hall–Kier alpha value is -3.16. The van der Waals surface area contributed by atoms with Crippen LogP contribution in [0, 0.1) is 13.8 Å². The van der Waals surface area contributed by atoms with Crippen LogP contribution in [0.2, 0.25) is 0 Å².